The highest BCUT2D eigenvalue weighted by Gasteiger charge is 2.60. The van der Waals surface area contributed by atoms with Crippen molar-refractivity contribution >= 4 is 0 Å². The van der Waals surface area contributed by atoms with Crippen LogP contribution in [0.1, 0.15) is 137 Å². The second-order valence-electron chi connectivity index (χ2n) is 14.2. The molecule has 2 unspecified atom stereocenters. The smallest absolute Gasteiger partial charge is 0.0723 e. The van der Waals surface area contributed by atoms with Crippen molar-refractivity contribution in [2.75, 3.05) is 6.61 Å². The number of rotatable bonds is 11. The molecule has 0 aromatic rings. The van der Waals surface area contributed by atoms with Gasteiger partial charge in [-0.25, -0.2) is 0 Å². The molecule has 2 N–H and O–H groups in total. The Hall–Kier alpha value is -0.340. The Kier molecular flexibility index (Phi) is 9.51. The van der Waals surface area contributed by atoms with Crippen LogP contribution in [0.2, 0.25) is 0 Å². The summed E-state index contributed by atoms with van der Waals surface area (Å²) in [5.41, 5.74) is 2.62. The van der Waals surface area contributed by atoms with Gasteiger partial charge in [-0.05, 0) is 130 Å². The highest BCUT2D eigenvalue weighted by molar-refractivity contribution is 5.09. The third-order valence-corrected chi connectivity index (χ3v) is 12.2. The van der Waals surface area contributed by atoms with Crippen molar-refractivity contribution < 1.29 is 10.2 Å². The zero-order valence-electron chi connectivity index (χ0n) is 23.7. The molecule has 0 amide bonds. The SMILES string of the molecule is CC(=CC(O)CCCCCO)CCC[C@@H](C)[C@H]1CC[C@H]2[C@@H]3CCC4CCCC[C@]4(C)[C@H]3CC[C@]12C. The van der Waals surface area contributed by atoms with Crippen molar-refractivity contribution in [2.45, 2.75) is 143 Å². The van der Waals surface area contributed by atoms with Crippen LogP contribution >= 0.6 is 0 Å². The topological polar surface area (TPSA) is 40.5 Å². The molecule has 0 heterocycles. The molecule has 0 radical (unpaired) electrons. The van der Waals surface area contributed by atoms with E-state index in [-0.39, 0.29) is 12.7 Å². The van der Waals surface area contributed by atoms with E-state index in [2.05, 4.69) is 33.8 Å². The van der Waals surface area contributed by atoms with Gasteiger partial charge in [0.15, 0.2) is 0 Å². The lowest BCUT2D eigenvalue weighted by Gasteiger charge is -2.61. The van der Waals surface area contributed by atoms with Crippen LogP contribution in [-0.2, 0) is 0 Å². The van der Waals surface area contributed by atoms with Crippen LogP contribution in [-0.4, -0.2) is 22.9 Å². The van der Waals surface area contributed by atoms with Gasteiger partial charge in [0.1, 0.15) is 0 Å². The number of hydrogen-bond acceptors (Lipinski definition) is 2. The van der Waals surface area contributed by atoms with Crippen molar-refractivity contribution in [3.63, 3.8) is 0 Å². The molecule has 35 heavy (non-hydrogen) atoms. The molecular formula is C33H58O2. The van der Waals surface area contributed by atoms with Crippen molar-refractivity contribution in [1.29, 1.82) is 0 Å². The fourth-order valence-electron chi connectivity index (χ4n) is 10.3. The standard InChI is InChI=1S/C33H58O2/c1-24(23-27(35)14-6-5-9-22-34)11-10-12-25(2)29-17-18-30-28-16-15-26-13-7-8-20-32(26,3)31(28)19-21-33(29,30)4/h23,25-31,34-35H,5-22H2,1-4H3/t25-,26?,27?,28+,29-,30+,31+,32+,33-/m1/s1. The zero-order chi connectivity index (χ0) is 25.1. The first-order chi connectivity index (χ1) is 16.8. The summed E-state index contributed by atoms with van der Waals surface area (Å²) in [5, 5.41) is 19.2. The largest absolute Gasteiger partial charge is 0.396 e. The highest BCUT2D eigenvalue weighted by Crippen LogP contribution is 2.68. The molecule has 0 spiro atoms. The van der Waals surface area contributed by atoms with E-state index in [0.29, 0.717) is 10.8 Å². The van der Waals surface area contributed by atoms with E-state index in [0.717, 1.165) is 67.6 Å². The van der Waals surface area contributed by atoms with Crippen LogP contribution in [0.15, 0.2) is 11.6 Å². The molecule has 4 fully saturated rings. The molecule has 0 aliphatic heterocycles. The number of hydrogen-bond donors (Lipinski definition) is 2. The van der Waals surface area contributed by atoms with E-state index >= 15 is 0 Å². The van der Waals surface area contributed by atoms with Gasteiger partial charge in [0.05, 0.1) is 6.10 Å². The van der Waals surface area contributed by atoms with E-state index in [9.17, 15) is 5.11 Å². The molecule has 4 saturated carbocycles. The Morgan fingerprint density at radius 1 is 0.857 bits per heavy atom. The van der Waals surface area contributed by atoms with E-state index in [1.165, 1.54) is 76.2 Å². The molecule has 0 aromatic carbocycles. The van der Waals surface area contributed by atoms with Gasteiger partial charge in [-0.15, -0.1) is 0 Å². The van der Waals surface area contributed by atoms with Crippen molar-refractivity contribution in [3.05, 3.63) is 11.6 Å². The summed E-state index contributed by atoms with van der Waals surface area (Å²) in [4.78, 5) is 0. The Morgan fingerprint density at radius 2 is 1.66 bits per heavy atom. The molecule has 4 aliphatic carbocycles. The van der Waals surface area contributed by atoms with Crippen LogP contribution in [0.4, 0.5) is 0 Å². The van der Waals surface area contributed by atoms with Crippen LogP contribution in [0.5, 0.6) is 0 Å². The maximum atomic E-state index is 10.3. The molecule has 0 aromatic heterocycles. The summed E-state index contributed by atoms with van der Waals surface area (Å²) in [6, 6.07) is 0. The minimum absolute atomic E-state index is 0.269. The van der Waals surface area contributed by atoms with Gasteiger partial charge in [-0.2, -0.15) is 0 Å². The summed E-state index contributed by atoms with van der Waals surface area (Å²) < 4.78 is 0. The third-order valence-electron chi connectivity index (χ3n) is 12.2. The fraction of sp³-hybridized carbons (Fsp3) is 0.939. The molecular weight excluding hydrogens is 428 g/mol. The zero-order valence-corrected chi connectivity index (χ0v) is 23.7. The van der Waals surface area contributed by atoms with E-state index < -0.39 is 0 Å². The summed E-state index contributed by atoms with van der Waals surface area (Å²) in [6.45, 7) is 10.5. The number of aliphatic hydroxyl groups is 2. The Labute approximate surface area is 217 Å². The predicted octanol–water partition coefficient (Wildman–Crippen LogP) is 8.70. The second-order valence-corrected chi connectivity index (χ2v) is 14.2. The molecule has 202 valence electrons. The lowest BCUT2D eigenvalue weighted by molar-refractivity contribution is -0.114. The number of fused-ring (bicyclic) bond motifs is 5. The van der Waals surface area contributed by atoms with Gasteiger partial charge in [-0.3, -0.25) is 0 Å². The first kappa shape index (κ1) is 27.7. The molecule has 2 heteroatoms. The van der Waals surface area contributed by atoms with Gasteiger partial charge in [-0.1, -0.05) is 64.5 Å². The van der Waals surface area contributed by atoms with Gasteiger partial charge < -0.3 is 10.2 Å². The molecule has 4 rings (SSSR count). The van der Waals surface area contributed by atoms with E-state index in [4.69, 9.17) is 5.11 Å². The normalized spacial score (nSPS) is 41.1. The second kappa shape index (κ2) is 12.0. The quantitative estimate of drug-likeness (QED) is 0.226. The maximum Gasteiger partial charge on any atom is 0.0723 e. The van der Waals surface area contributed by atoms with Crippen LogP contribution in [0, 0.1) is 46.3 Å². The Balaban J connectivity index is 1.27. The summed E-state index contributed by atoms with van der Waals surface area (Å²) in [5.74, 6) is 5.83. The maximum absolute atomic E-state index is 10.3. The van der Waals surface area contributed by atoms with Gasteiger partial charge in [0.25, 0.3) is 0 Å². The summed E-state index contributed by atoms with van der Waals surface area (Å²) in [6.07, 6.45) is 24.4. The highest BCUT2D eigenvalue weighted by atomic mass is 16.3. The fourth-order valence-corrected chi connectivity index (χ4v) is 10.3. The number of allylic oxidation sites excluding steroid dienone is 1. The first-order valence-electron chi connectivity index (χ1n) is 15.8. The minimum atomic E-state index is -0.308. The van der Waals surface area contributed by atoms with Crippen molar-refractivity contribution in [2.24, 2.45) is 46.3 Å². The predicted molar refractivity (Wildman–Crippen MR) is 148 cm³/mol. The van der Waals surface area contributed by atoms with Crippen molar-refractivity contribution in [3.8, 4) is 0 Å². The summed E-state index contributed by atoms with van der Waals surface area (Å²) in [7, 11) is 0. The number of unbranched alkanes of at least 4 members (excludes halogenated alkanes) is 2. The van der Waals surface area contributed by atoms with Crippen LogP contribution in [0.25, 0.3) is 0 Å². The van der Waals surface area contributed by atoms with Crippen LogP contribution < -0.4 is 0 Å². The Bertz CT molecular complexity index is 699. The summed E-state index contributed by atoms with van der Waals surface area (Å²) >= 11 is 0. The van der Waals surface area contributed by atoms with Gasteiger partial charge >= 0.3 is 0 Å². The average molecular weight is 487 g/mol. The monoisotopic (exact) mass is 486 g/mol. The van der Waals surface area contributed by atoms with Crippen LogP contribution in [0.3, 0.4) is 0 Å². The Morgan fingerprint density at radius 3 is 2.46 bits per heavy atom. The lowest BCUT2D eigenvalue weighted by Crippen LogP contribution is -2.53. The molecule has 4 aliphatic rings. The first-order valence-corrected chi connectivity index (χ1v) is 15.8. The van der Waals surface area contributed by atoms with E-state index in [1.807, 2.05) is 0 Å². The third kappa shape index (κ3) is 5.89. The average Bonchev–Trinajstić information content (AvgIpc) is 3.18. The van der Waals surface area contributed by atoms with Gasteiger partial charge in [0.2, 0.25) is 0 Å². The molecule has 0 bridgehead atoms. The molecule has 9 atom stereocenters. The van der Waals surface area contributed by atoms with Crippen molar-refractivity contribution in [1.82, 2.24) is 0 Å². The minimum Gasteiger partial charge on any atom is -0.396 e. The molecule has 0 saturated heterocycles. The number of aliphatic hydroxyl groups excluding tert-OH is 2. The van der Waals surface area contributed by atoms with E-state index in [1.54, 1.807) is 6.42 Å². The lowest BCUT2D eigenvalue weighted by atomic mass is 9.44. The van der Waals surface area contributed by atoms with Gasteiger partial charge in [0, 0.05) is 6.61 Å². The molecule has 2 nitrogen and oxygen atoms in total.